The highest BCUT2D eigenvalue weighted by molar-refractivity contribution is 7.99. The second kappa shape index (κ2) is 4.71. The van der Waals surface area contributed by atoms with Gasteiger partial charge < -0.3 is 9.84 Å². The summed E-state index contributed by atoms with van der Waals surface area (Å²) in [7, 11) is 0. The lowest BCUT2D eigenvalue weighted by atomic mass is 9.78. The van der Waals surface area contributed by atoms with Crippen molar-refractivity contribution in [2.24, 2.45) is 5.41 Å². The quantitative estimate of drug-likeness (QED) is 0.916. The van der Waals surface area contributed by atoms with Crippen LogP contribution in [0, 0.1) is 5.41 Å². The monoisotopic (exact) mass is 278 g/mol. The molecule has 1 heterocycles. The minimum Gasteiger partial charge on any atom is -0.490 e. The topological polar surface area (TPSA) is 29.5 Å². The molecule has 19 heavy (non-hydrogen) atoms. The molecule has 2 fully saturated rings. The van der Waals surface area contributed by atoms with Gasteiger partial charge in [0.15, 0.2) is 0 Å². The van der Waals surface area contributed by atoms with Crippen molar-refractivity contribution in [1.82, 2.24) is 0 Å². The van der Waals surface area contributed by atoms with Gasteiger partial charge in [-0.1, -0.05) is 26.0 Å². The van der Waals surface area contributed by atoms with E-state index in [1.54, 1.807) is 0 Å². The summed E-state index contributed by atoms with van der Waals surface area (Å²) in [6, 6.07) is 8.05. The van der Waals surface area contributed by atoms with Crippen molar-refractivity contribution >= 4 is 11.8 Å². The second-order valence-electron chi connectivity index (χ2n) is 6.71. The molecule has 0 aromatic heterocycles. The van der Waals surface area contributed by atoms with Crippen LogP contribution in [0.2, 0.25) is 0 Å². The van der Waals surface area contributed by atoms with Crippen LogP contribution < -0.4 is 4.74 Å². The van der Waals surface area contributed by atoms with Gasteiger partial charge in [0.2, 0.25) is 0 Å². The van der Waals surface area contributed by atoms with Crippen LogP contribution in [0.25, 0.3) is 0 Å². The first-order chi connectivity index (χ1) is 8.97. The lowest BCUT2D eigenvalue weighted by Crippen LogP contribution is -2.40. The number of ether oxygens (including phenoxy) is 1. The van der Waals surface area contributed by atoms with Gasteiger partial charge in [-0.05, 0) is 48.1 Å². The van der Waals surface area contributed by atoms with E-state index in [-0.39, 0.29) is 5.41 Å². The maximum absolute atomic E-state index is 11.0. The summed E-state index contributed by atoms with van der Waals surface area (Å²) in [6.07, 6.45) is 3.55. The van der Waals surface area contributed by atoms with Gasteiger partial charge >= 0.3 is 0 Å². The van der Waals surface area contributed by atoms with E-state index in [0.29, 0.717) is 6.10 Å². The highest BCUT2D eigenvalue weighted by Crippen LogP contribution is 2.45. The van der Waals surface area contributed by atoms with Gasteiger partial charge in [0.05, 0.1) is 11.7 Å². The van der Waals surface area contributed by atoms with Crippen LogP contribution in [0.1, 0.15) is 38.7 Å². The van der Waals surface area contributed by atoms with E-state index < -0.39 is 5.60 Å². The normalized spacial score (nSPS) is 30.1. The Kier molecular flexibility index (Phi) is 3.30. The zero-order chi connectivity index (χ0) is 13.5. The van der Waals surface area contributed by atoms with Gasteiger partial charge in [-0.25, -0.2) is 0 Å². The van der Waals surface area contributed by atoms with Crippen LogP contribution in [0.3, 0.4) is 0 Å². The predicted octanol–water partition coefficient (Wildman–Crippen LogP) is 3.58. The number of aliphatic hydroxyl groups is 1. The van der Waals surface area contributed by atoms with Crippen LogP contribution in [0.4, 0.5) is 0 Å². The smallest absolute Gasteiger partial charge is 0.120 e. The third-order valence-corrected chi connectivity index (χ3v) is 5.47. The van der Waals surface area contributed by atoms with E-state index in [1.165, 1.54) is 0 Å². The summed E-state index contributed by atoms with van der Waals surface area (Å²) >= 11 is 1.84. The van der Waals surface area contributed by atoms with Crippen LogP contribution in [-0.2, 0) is 5.60 Å². The maximum Gasteiger partial charge on any atom is 0.120 e. The Morgan fingerprint density at radius 2 is 2.05 bits per heavy atom. The number of benzene rings is 1. The van der Waals surface area contributed by atoms with Crippen molar-refractivity contribution in [1.29, 1.82) is 0 Å². The molecule has 2 nitrogen and oxygen atoms in total. The molecule has 0 amide bonds. The highest BCUT2D eigenvalue weighted by Gasteiger charge is 2.40. The van der Waals surface area contributed by atoms with Crippen molar-refractivity contribution in [2.75, 3.05) is 11.5 Å². The molecule has 1 aromatic rings. The maximum atomic E-state index is 11.0. The standard InChI is InChI=1S/C16H22O2S/c1-15(2)9-16(17,11-19-10-15)12-4-3-5-14(8-12)18-13-6-7-13/h3-5,8,13,17H,6-7,9-11H2,1-2H3. The lowest BCUT2D eigenvalue weighted by Gasteiger charge is -2.41. The molecular formula is C16H22O2S. The van der Waals surface area contributed by atoms with E-state index >= 15 is 0 Å². The van der Waals surface area contributed by atoms with E-state index in [4.69, 9.17) is 4.74 Å². The summed E-state index contributed by atoms with van der Waals surface area (Å²) in [4.78, 5) is 0. The van der Waals surface area contributed by atoms with Gasteiger partial charge in [0.1, 0.15) is 5.75 Å². The average molecular weight is 278 g/mol. The molecule has 1 saturated carbocycles. The Labute approximate surface area is 119 Å². The first-order valence-electron chi connectivity index (χ1n) is 7.04. The molecule has 0 bridgehead atoms. The molecule has 1 unspecified atom stereocenters. The van der Waals surface area contributed by atoms with Crippen molar-refractivity contribution in [3.05, 3.63) is 29.8 Å². The predicted molar refractivity (Wildman–Crippen MR) is 79.7 cm³/mol. The molecule has 2 aliphatic rings. The Morgan fingerprint density at radius 3 is 2.74 bits per heavy atom. The molecule has 1 aromatic carbocycles. The molecule has 3 heteroatoms. The molecule has 1 atom stereocenters. The Hall–Kier alpha value is -0.670. The summed E-state index contributed by atoms with van der Waals surface area (Å²) in [5.41, 5.74) is 0.478. The third kappa shape index (κ3) is 3.09. The molecule has 3 rings (SSSR count). The van der Waals surface area contributed by atoms with Crippen LogP contribution in [0.5, 0.6) is 5.75 Å². The Balaban J connectivity index is 1.83. The van der Waals surface area contributed by atoms with Crippen LogP contribution >= 0.6 is 11.8 Å². The van der Waals surface area contributed by atoms with E-state index in [2.05, 4.69) is 13.8 Å². The zero-order valence-electron chi connectivity index (χ0n) is 11.7. The van der Waals surface area contributed by atoms with Gasteiger partial charge in [0.25, 0.3) is 0 Å². The van der Waals surface area contributed by atoms with E-state index in [1.807, 2.05) is 36.0 Å². The Bertz CT molecular complexity index is 468. The molecule has 0 radical (unpaired) electrons. The second-order valence-corrected chi connectivity index (χ2v) is 7.70. The fourth-order valence-corrected chi connectivity index (χ4v) is 4.18. The van der Waals surface area contributed by atoms with Crippen molar-refractivity contribution in [2.45, 2.75) is 44.8 Å². The number of rotatable bonds is 3. The Morgan fingerprint density at radius 1 is 1.26 bits per heavy atom. The number of hydrogen-bond donors (Lipinski definition) is 1. The summed E-state index contributed by atoms with van der Waals surface area (Å²) in [6.45, 7) is 4.46. The largest absolute Gasteiger partial charge is 0.490 e. The summed E-state index contributed by atoms with van der Waals surface area (Å²) in [5, 5.41) is 11.0. The summed E-state index contributed by atoms with van der Waals surface area (Å²) < 4.78 is 5.84. The van der Waals surface area contributed by atoms with E-state index in [9.17, 15) is 5.11 Å². The van der Waals surface area contributed by atoms with Crippen molar-refractivity contribution < 1.29 is 9.84 Å². The van der Waals surface area contributed by atoms with Gasteiger partial charge in [-0.15, -0.1) is 0 Å². The fraction of sp³-hybridized carbons (Fsp3) is 0.625. The average Bonchev–Trinajstić information content (AvgIpc) is 3.12. The molecule has 0 spiro atoms. The van der Waals surface area contributed by atoms with Crippen LogP contribution in [-0.4, -0.2) is 22.7 Å². The number of hydrogen-bond acceptors (Lipinski definition) is 3. The highest BCUT2D eigenvalue weighted by atomic mass is 32.2. The first-order valence-corrected chi connectivity index (χ1v) is 8.20. The first kappa shape index (κ1) is 13.3. The van der Waals surface area contributed by atoms with Crippen molar-refractivity contribution in [3.8, 4) is 5.75 Å². The van der Waals surface area contributed by atoms with E-state index in [0.717, 1.165) is 42.1 Å². The minimum absolute atomic E-state index is 0.186. The fourth-order valence-electron chi connectivity index (χ4n) is 2.81. The molecule has 1 aliphatic carbocycles. The van der Waals surface area contributed by atoms with Gasteiger partial charge in [-0.3, -0.25) is 0 Å². The minimum atomic E-state index is -0.713. The van der Waals surface area contributed by atoms with Gasteiger partial charge in [0, 0.05) is 5.75 Å². The third-order valence-electron chi connectivity index (χ3n) is 3.80. The number of thioether (sulfide) groups is 1. The molecule has 1 aliphatic heterocycles. The molecule has 1 saturated heterocycles. The molecule has 1 N–H and O–H groups in total. The van der Waals surface area contributed by atoms with Crippen LogP contribution in [0.15, 0.2) is 24.3 Å². The lowest BCUT2D eigenvalue weighted by molar-refractivity contribution is 0.0154. The summed E-state index contributed by atoms with van der Waals surface area (Å²) in [5.74, 6) is 2.80. The zero-order valence-corrected chi connectivity index (χ0v) is 12.5. The van der Waals surface area contributed by atoms with Crippen molar-refractivity contribution in [3.63, 3.8) is 0 Å². The molecule has 104 valence electrons. The molecular weight excluding hydrogens is 256 g/mol. The SMILES string of the molecule is CC1(C)CSCC(O)(c2cccc(OC3CC3)c2)C1. The van der Waals surface area contributed by atoms with Gasteiger partial charge in [-0.2, -0.15) is 11.8 Å².